The van der Waals surface area contributed by atoms with Gasteiger partial charge in [-0.25, -0.2) is 9.59 Å². The zero-order chi connectivity index (χ0) is 23.8. The van der Waals surface area contributed by atoms with Gasteiger partial charge >= 0.3 is 11.9 Å². The van der Waals surface area contributed by atoms with Gasteiger partial charge < -0.3 is 51.1 Å². The Bertz CT molecular complexity index is 523. The minimum absolute atomic E-state index is 0.190. The van der Waals surface area contributed by atoms with E-state index < -0.39 is 75.6 Å². The third kappa shape index (κ3) is 9.56. The van der Waals surface area contributed by atoms with Gasteiger partial charge in [0.2, 0.25) is 0 Å². The molecule has 0 aliphatic heterocycles. The van der Waals surface area contributed by atoms with Gasteiger partial charge in [-0.2, -0.15) is 0 Å². The number of benzene rings is 1. The van der Waals surface area contributed by atoms with Gasteiger partial charge in [0.15, 0.2) is 0 Å². The summed E-state index contributed by atoms with van der Waals surface area (Å²) in [5, 5.41) is 85.1. The molecule has 1 aromatic rings. The van der Waals surface area contributed by atoms with E-state index in [9.17, 15) is 9.59 Å². The first-order valence-corrected chi connectivity index (χ1v) is 8.54. The zero-order valence-electron chi connectivity index (χ0n) is 16.3. The number of aliphatic hydroxyl groups excluding tert-OH is 8. The summed E-state index contributed by atoms with van der Waals surface area (Å²) in [6.45, 7) is -3.25. The minimum atomic E-state index is -1.23. The Labute approximate surface area is 172 Å². The molecule has 0 radical (unpaired) electrons. The fraction of sp³-hybridized carbons (Fsp3) is 0.556. The van der Waals surface area contributed by atoms with Crippen molar-refractivity contribution in [2.45, 2.75) is 0 Å². The average molecular weight is 438 g/mol. The van der Waals surface area contributed by atoms with Crippen molar-refractivity contribution in [3.8, 4) is 0 Å². The fourth-order valence-electron chi connectivity index (χ4n) is 1.46. The quantitative estimate of drug-likeness (QED) is 0.175. The van der Waals surface area contributed by atoms with Gasteiger partial charge in [-0.15, -0.1) is 0 Å². The van der Waals surface area contributed by atoms with Crippen LogP contribution in [0.2, 0.25) is 0 Å². The lowest BCUT2D eigenvalue weighted by molar-refractivity contribution is -0.0332. The van der Waals surface area contributed by atoms with Gasteiger partial charge in [-0.05, 0) is 12.1 Å². The summed E-state index contributed by atoms with van der Waals surface area (Å²) in [6, 6.07) is 5.48. The van der Waals surface area contributed by atoms with Crippen molar-refractivity contribution >= 4 is 11.9 Å². The van der Waals surface area contributed by atoms with Gasteiger partial charge in [0.1, 0.15) is 0 Å². The largest absolute Gasteiger partial charge is 0.478 e. The Balaban J connectivity index is 0. The van der Waals surface area contributed by atoms with E-state index in [2.05, 4.69) is 0 Å². The van der Waals surface area contributed by atoms with Crippen molar-refractivity contribution in [2.24, 2.45) is 10.8 Å². The van der Waals surface area contributed by atoms with Crippen LogP contribution in [-0.4, -0.2) is 116 Å². The molecule has 0 aliphatic carbocycles. The number of hydrogen-bond acceptors (Lipinski definition) is 10. The fourth-order valence-corrected chi connectivity index (χ4v) is 1.46. The second kappa shape index (κ2) is 15.6. The first-order chi connectivity index (χ1) is 14.1. The summed E-state index contributed by atoms with van der Waals surface area (Å²) in [5.41, 5.74) is -2.60. The summed E-state index contributed by atoms with van der Waals surface area (Å²) < 4.78 is 0. The molecule has 0 bridgehead atoms. The van der Waals surface area contributed by atoms with E-state index in [0.29, 0.717) is 0 Å². The van der Waals surface area contributed by atoms with E-state index in [1.807, 2.05) is 0 Å². The molecular weight excluding hydrogens is 408 g/mol. The molecule has 12 nitrogen and oxygen atoms in total. The van der Waals surface area contributed by atoms with Crippen LogP contribution in [0.3, 0.4) is 0 Å². The Morgan fingerprint density at radius 2 is 0.733 bits per heavy atom. The monoisotopic (exact) mass is 438 g/mol. The molecule has 0 fully saturated rings. The van der Waals surface area contributed by atoms with Crippen LogP contribution < -0.4 is 0 Å². The lowest BCUT2D eigenvalue weighted by atomic mass is 9.93. The summed E-state index contributed by atoms with van der Waals surface area (Å²) >= 11 is 0. The summed E-state index contributed by atoms with van der Waals surface area (Å²) in [5.74, 6) is -2.46. The normalized spacial score (nSPS) is 10.9. The van der Waals surface area contributed by atoms with Crippen molar-refractivity contribution in [3.63, 3.8) is 0 Å². The number of carboxylic acids is 2. The third-order valence-corrected chi connectivity index (χ3v) is 4.07. The lowest BCUT2D eigenvalue weighted by Crippen LogP contribution is -2.37. The molecule has 0 aliphatic rings. The topological polar surface area (TPSA) is 236 Å². The Hall–Kier alpha value is -2.16. The smallest absolute Gasteiger partial charge is 0.336 e. The van der Waals surface area contributed by atoms with E-state index in [-0.39, 0.29) is 11.1 Å². The van der Waals surface area contributed by atoms with Gasteiger partial charge in [-0.1, -0.05) is 12.1 Å². The predicted molar refractivity (Wildman–Crippen MR) is 102 cm³/mol. The molecule has 1 aromatic carbocycles. The second-order valence-corrected chi connectivity index (χ2v) is 6.42. The van der Waals surface area contributed by atoms with Gasteiger partial charge in [0.25, 0.3) is 0 Å². The first kappa shape index (κ1) is 30.0. The number of rotatable bonds is 10. The molecule has 30 heavy (non-hydrogen) atoms. The Kier molecular flexibility index (Phi) is 15.7. The molecule has 0 aromatic heterocycles. The maximum absolute atomic E-state index is 10.5. The molecular formula is C18H30O12. The molecule has 0 heterocycles. The van der Waals surface area contributed by atoms with Crippen molar-refractivity contribution in [2.75, 3.05) is 52.9 Å². The molecule has 0 saturated carbocycles. The molecule has 12 heteroatoms. The highest BCUT2D eigenvalue weighted by molar-refractivity contribution is 6.01. The number of aliphatic hydroxyl groups is 8. The standard InChI is InChI=1S/C8H6O4.2C5H12O4/c9-7(10)5-3-1-2-4-6(5)8(11)12;2*6-1-5(2-7,3-8)4-9/h1-4H,(H,9,10)(H,11,12);2*6-9H,1-4H2. The average Bonchev–Trinajstić information content (AvgIpc) is 2.78. The van der Waals surface area contributed by atoms with E-state index in [0.717, 1.165) is 0 Å². The number of hydrogen-bond donors (Lipinski definition) is 10. The highest BCUT2D eigenvalue weighted by Gasteiger charge is 2.27. The number of carbonyl (C=O) groups is 2. The van der Waals surface area contributed by atoms with E-state index >= 15 is 0 Å². The highest BCUT2D eigenvalue weighted by atomic mass is 16.4. The van der Waals surface area contributed by atoms with Crippen LogP contribution in [0.4, 0.5) is 0 Å². The highest BCUT2D eigenvalue weighted by Crippen LogP contribution is 2.12. The molecule has 1 rings (SSSR count). The van der Waals surface area contributed by atoms with Crippen LogP contribution in [0, 0.1) is 10.8 Å². The maximum Gasteiger partial charge on any atom is 0.336 e. The van der Waals surface area contributed by atoms with E-state index in [1.165, 1.54) is 24.3 Å². The molecule has 10 N–H and O–H groups in total. The molecule has 0 saturated heterocycles. The Morgan fingerprint density at radius 3 is 0.833 bits per heavy atom. The van der Waals surface area contributed by atoms with Crippen LogP contribution in [0.25, 0.3) is 0 Å². The molecule has 0 atom stereocenters. The summed E-state index contributed by atoms with van der Waals surface area (Å²) in [6.07, 6.45) is 0. The van der Waals surface area contributed by atoms with Crippen molar-refractivity contribution < 1.29 is 60.7 Å². The van der Waals surface area contributed by atoms with E-state index in [1.54, 1.807) is 0 Å². The third-order valence-electron chi connectivity index (χ3n) is 4.07. The first-order valence-electron chi connectivity index (χ1n) is 8.54. The van der Waals surface area contributed by atoms with Crippen molar-refractivity contribution in [1.29, 1.82) is 0 Å². The predicted octanol–water partition coefficient (Wildman–Crippen LogP) is -3.03. The Morgan fingerprint density at radius 1 is 0.533 bits per heavy atom. The van der Waals surface area contributed by atoms with Gasteiger partial charge in [0.05, 0.1) is 74.8 Å². The van der Waals surface area contributed by atoms with Gasteiger partial charge in [-0.3, -0.25) is 0 Å². The van der Waals surface area contributed by atoms with Crippen molar-refractivity contribution in [1.82, 2.24) is 0 Å². The maximum atomic E-state index is 10.5. The van der Waals surface area contributed by atoms with Crippen molar-refractivity contribution in [3.05, 3.63) is 35.4 Å². The number of aromatic carboxylic acids is 2. The van der Waals surface area contributed by atoms with Gasteiger partial charge in [0, 0.05) is 0 Å². The molecule has 0 amide bonds. The van der Waals surface area contributed by atoms with Crippen LogP contribution in [-0.2, 0) is 0 Å². The molecule has 0 spiro atoms. The lowest BCUT2D eigenvalue weighted by Gasteiger charge is -2.23. The van der Waals surface area contributed by atoms with Crippen LogP contribution >= 0.6 is 0 Å². The van der Waals surface area contributed by atoms with Crippen LogP contribution in [0.1, 0.15) is 20.7 Å². The molecule has 174 valence electrons. The minimum Gasteiger partial charge on any atom is -0.478 e. The second-order valence-electron chi connectivity index (χ2n) is 6.42. The van der Waals surface area contributed by atoms with Crippen LogP contribution in [0.5, 0.6) is 0 Å². The zero-order valence-corrected chi connectivity index (χ0v) is 16.3. The SMILES string of the molecule is O=C(O)c1ccccc1C(=O)O.OCC(CO)(CO)CO.OCC(CO)(CO)CO. The number of carboxylic acid groups (broad SMARTS) is 2. The van der Waals surface area contributed by atoms with E-state index in [4.69, 9.17) is 51.1 Å². The van der Waals surface area contributed by atoms with Crippen LogP contribution in [0.15, 0.2) is 24.3 Å². The molecule has 0 unspecified atom stereocenters. The summed E-state index contributed by atoms with van der Waals surface area (Å²) in [4.78, 5) is 20.9. The summed E-state index contributed by atoms with van der Waals surface area (Å²) in [7, 11) is 0.